The van der Waals surface area contributed by atoms with Crippen LogP contribution in [0.25, 0.3) is 11.1 Å². The summed E-state index contributed by atoms with van der Waals surface area (Å²) in [4.78, 5) is 10.7. The Morgan fingerprint density at radius 2 is 2.00 bits per heavy atom. The van der Waals surface area contributed by atoms with Crippen LogP contribution in [-0.2, 0) is 24.7 Å². The van der Waals surface area contributed by atoms with Crippen LogP contribution in [0.4, 0.5) is 0 Å². The summed E-state index contributed by atoms with van der Waals surface area (Å²) < 4.78 is 1.76. The number of hydrogen-bond donors (Lipinski definition) is 1. The van der Waals surface area contributed by atoms with E-state index in [4.69, 9.17) is 5.11 Å². The van der Waals surface area contributed by atoms with Gasteiger partial charge in [-0.25, -0.2) is 0 Å². The zero-order valence-electron chi connectivity index (χ0n) is 11.3. The van der Waals surface area contributed by atoms with Gasteiger partial charge in [0.05, 0.1) is 12.6 Å². The Hall–Kier alpha value is -2.10. The molecule has 0 unspecified atom stereocenters. The zero-order valence-corrected chi connectivity index (χ0v) is 11.3. The fourth-order valence-corrected chi connectivity index (χ4v) is 2.15. The lowest BCUT2D eigenvalue weighted by Gasteiger charge is -2.06. The minimum Gasteiger partial charge on any atom is -0.481 e. The molecule has 4 nitrogen and oxygen atoms in total. The van der Waals surface area contributed by atoms with Gasteiger partial charge in [-0.05, 0) is 17.5 Å². The first-order chi connectivity index (χ1) is 9.11. The third kappa shape index (κ3) is 3.02. The quantitative estimate of drug-likeness (QED) is 0.897. The summed E-state index contributed by atoms with van der Waals surface area (Å²) in [5, 5.41) is 13.0. The molecular formula is C15H18N2O2. The van der Waals surface area contributed by atoms with Gasteiger partial charge in [0, 0.05) is 24.7 Å². The number of aromatic nitrogens is 2. The molecule has 0 radical (unpaired) electrons. The first kappa shape index (κ1) is 13.3. The number of carboxylic acid groups (broad SMARTS) is 1. The van der Waals surface area contributed by atoms with Crippen LogP contribution in [0.2, 0.25) is 0 Å². The SMILES string of the molecule is CCc1ccc(-c2cnn(C)c2CCC(=O)O)cc1. The monoisotopic (exact) mass is 258 g/mol. The maximum absolute atomic E-state index is 10.7. The van der Waals surface area contributed by atoms with Gasteiger partial charge in [0.15, 0.2) is 0 Å². The number of hydrogen-bond acceptors (Lipinski definition) is 2. The number of carbonyl (C=O) groups is 1. The second-order valence-corrected chi connectivity index (χ2v) is 4.57. The van der Waals surface area contributed by atoms with Gasteiger partial charge in [-0.2, -0.15) is 5.10 Å². The lowest BCUT2D eigenvalue weighted by Crippen LogP contribution is -2.04. The van der Waals surface area contributed by atoms with Gasteiger partial charge in [-0.3, -0.25) is 9.48 Å². The molecule has 0 aliphatic heterocycles. The highest BCUT2D eigenvalue weighted by Crippen LogP contribution is 2.24. The van der Waals surface area contributed by atoms with Crippen LogP contribution in [0.5, 0.6) is 0 Å². The Morgan fingerprint density at radius 3 is 2.58 bits per heavy atom. The molecule has 1 aromatic heterocycles. The highest BCUT2D eigenvalue weighted by Gasteiger charge is 2.11. The number of carboxylic acids is 1. The number of rotatable bonds is 5. The van der Waals surface area contributed by atoms with Crippen molar-refractivity contribution < 1.29 is 9.90 Å². The molecule has 100 valence electrons. The molecule has 0 fully saturated rings. The van der Waals surface area contributed by atoms with Crippen molar-refractivity contribution in [3.8, 4) is 11.1 Å². The second kappa shape index (κ2) is 5.69. The van der Waals surface area contributed by atoms with Gasteiger partial charge < -0.3 is 5.11 Å². The van der Waals surface area contributed by atoms with E-state index in [2.05, 4.69) is 36.3 Å². The fraction of sp³-hybridized carbons (Fsp3) is 0.333. The van der Waals surface area contributed by atoms with Gasteiger partial charge in [0.25, 0.3) is 0 Å². The molecule has 0 aliphatic carbocycles. The molecule has 0 amide bonds. The maximum atomic E-state index is 10.7. The van der Waals surface area contributed by atoms with Crippen molar-refractivity contribution in [2.75, 3.05) is 0 Å². The molecule has 0 bridgehead atoms. The lowest BCUT2D eigenvalue weighted by atomic mass is 10.0. The Bertz CT molecular complexity index is 570. The summed E-state index contributed by atoms with van der Waals surface area (Å²) in [5.74, 6) is -0.784. The molecule has 2 aromatic rings. The Morgan fingerprint density at radius 1 is 1.32 bits per heavy atom. The van der Waals surface area contributed by atoms with Crippen LogP contribution in [-0.4, -0.2) is 20.9 Å². The predicted molar refractivity (Wildman–Crippen MR) is 74.0 cm³/mol. The van der Waals surface area contributed by atoms with E-state index in [1.165, 1.54) is 5.56 Å². The topological polar surface area (TPSA) is 55.1 Å². The van der Waals surface area contributed by atoms with Gasteiger partial charge in [-0.15, -0.1) is 0 Å². The van der Waals surface area contributed by atoms with E-state index in [0.717, 1.165) is 23.2 Å². The summed E-state index contributed by atoms with van der Waals surface area (Å²) in [5.41, 5.74) is 4.36. The molecule has 0 aliphatic rings. The smallest absolute Gasteiger partial charge is 0.303 e. The van der Waals surface area contributed by atoms with Crippen molar-refractivity contribution in [3.63, 3.8) is 0 Å². The van der Waals surface area contributed by atoms with Crippen LogP contribution >= 0.6 is 0 Å². The van der Waals surface area contributed by atoms with Crippen molar-refractivity contribution in [1.29, 1.82) is 0 Å². The van der Waals surface area contributed by atoms with E-state index in [-0.39, 0.29) is 6.42 Å². The summed E-state index contributed by atoms with van der Waals surface area (Å²) in [6.07, 6.45) is 3.44. The van der Waals surface area contributed by atoms with Crippen LogP contribution < -0.4 is 0 Å². The van der Waals surface area contributed by atoms with Gasteiger partial charge in [0.2, 0.25) is 0 Å². The third-order valence-electron chi connectivity index (χ3n) is 3.31. The lowest BCUT2D eigenvalue weighted by molar-refractivity contribution is -0.136. The summed E-state index contributed by atoms with van der Waals surface area (Å²) >= 11 is 0. The molecule has 1 heterocycles. The standard InChI is InChI=1S/C15H18N2O2/c1-3-11-4-6-12(7-5-11)13-10-16-17(2)14(13)8-9-15(18)19/h4-7,10H,3,8-9H2,1-2H3,(H,18,19). The van der Waals surface area contributed by atoms with Crippen LogP contribution in [0.3, 0.4) is 0 Å². The number of benzene rings is 1. The molecule has 0 atom stereocenters. The minimum atomic E-state index is -0.784. The fourth-order valence-electron chi connectivity index (χ4n) is 2.15. The highest BCUT2D eigenvalue weighted by molar-refractivity contribution is 5.69. The predicted octanol–water partition coefficient (Wildman–Crippen LogP) is 2.67. The van der Waals surface area contributed by atoms with E-state index >= 15 is 0 Å². The van der Waals surface area contributed by atoms with Crippen molar-refractivity contribution in [1.82, 2.24) is 9.78 Å². The first-order valence-corrected chi connectivity index (χ1v) is 6.43. The molecule has 0 saturated carbocycles. The highest BCUT2D eigenvalue weighted by atomic mass is 16.4. The van der Waals surface area contributed by atoms with Crippen molar-refractivity contribution >= 4 is 5.97 Å². The van der Waals surface area contributed by atoms with E-state index in [0.29, 0.717) is 6.42 Å². The molecule has 0 spiro atoms. The average Bonchev–Trinajstić information content (AvgIpc) is 2.78. The van der Waals surface area contributed by atoms with E-state index in [9.17, 15) is 4.79 Å². The largest absolute Gasteiger partial charge is 0.481 e. The molecule has 4 heteroatoms. The number of nitrogens with zero attached hydrogens (tertiary/aromatic N) is 2. The molecule has 1 N–H and O–H groups in total. The van der Waals surface area contributed by atoms with Gasteiger partial charge in [0.1, 0.15) is 0 Å². The van der Waals surface area contributed by atoms with Crippen molar-refractivity contribution in [2.45, 2.75) is 26.2 Å². The summed E-state index contributed by atoms with van der Waals surface area (Å²) in [6, 6.07) is 8.34. The van der Waals surface area contributed by atoms with E-state index < -0.39 is 5.97 Å². The van der Waals surface area contributed by atoms with Crippen molar-refractivity contribution in [2.24, 2.45) is 7.05 Å². The second-order valence-electron chi connectivity index (χ2n) is 4.57. The average molecular weight is 258 g/mol. The summed E-state index contributed by atoms with van der Waals surface area (Å²) in [7, 11) is 1.85. The Labute approximate surface area is 112 Å². The van der Waals surface area contributed by atoms with Gasteiger partial charge >= 0.3 is 5.97 Å². The number of aliphatic carboxylic acids is 1. The third-order valence-corrected chi connectivity index (χ3v) is 3.31. The van der Waals surface area contributed by atoms with E-state index in [1.54, 1.807) is 10.9 Å². The molecule has 2 rings (SSSR count). The molecule has 19 heavy (non-hydrogen) atoms. The maximum Gasteiger partial charge on any atom is 0.303 e. The molecule has 1 aromatic carbocycles. The number of aryl methyl sites for hydroxylation is 2. The molecular weight excluding hydrogens is 240 g/mol. The van der Waals surface area contributed by atoms with E-state index in [1.807, 2.05) is 7.05 Å². The Balaban J connectivity index is 2.30. The zero-order chi connectivity index (χ0) is 13.8. The first-order valence-electron chi connectivity index (χ1n) is 6.43. The van der Waals surface area contributed by atoms with Crippen LogP contribution in [0, 0.1) is 0 Å². The Kier molecular flexibility index (Phi) is 4.00. The normalized spacial score (nSPS) is 10.6. The van der Waals surface area contributed by atoms with Crippen molar-refractivity contribution in [3.05, 3.63) is 41.7 Å². The summed E-state index contributed by atoms with van der Waals surface area (Å²) in [6.45, 7) is 2.12. The minimum absolute atomic E-state index is 0.125. The van der Waals surface area contributed by atoms with Crippen LogP contribution in [0.1, 0.15) is 24.6 Å². The molecule has 0 saturated heterocycles. The van der Waals surface area contributed by atoms with Gasteiger partial charge in [-0.1, -0.05) is 31.2 Å². The van der Waals surface area contributed by atoms with Crippen LogP contribution in [0.15, 0.2) is 30.5 Å².